The Bertz CT molecular complexity index is 544. The van der Waals surface area contributed by atoms with Gasteiger partial charge in [-0.2, -0.15) is 0 Å². The van der Waals surface area contributed by atoms with Crippen molar-refractivity contribution in [1.82, 2.24) is 0 Å². The molecule has 0 aliphatic rings. The van der Waals surface area contributed by atoms with Crippen LogP contribution in [0.3, 0.4) is 0 Å². The number of aryl methyl sites for hydroxylation is 1. The summed E-state index contributed by atoms with van der Waals surface area (Å²) in [6.07, 6.45) is -0.463. The lowest BCUT2D eigenvalue weighted by atomic mass is 10.1. The molecule has 0 spiro atoms. The maximum Gasteiger partial charge on any atom is 0.303 e. The third-order valence-corrected chi connectivity index (χ3v) is 2.63. The lowest BCUT2D eigenvalue weighted by Crippen LogP contribution is -2.14. The van der Waals surface area contributed by atoms with Gasteiger partial charge in [0, 0.05) is 18.2 Å². The second kappa shape index (κ2) is 6.14. The SMILES string of the molecule is Cc1cc([N+](=O)[O-])c(Cl)cc1NC(=O)CCC(=O)O. The summed E-state index contributed by atoms with van der Waals surface area (Å²) in [7, 11) is 0. The molecule has 1 aromatic rings. The van der Waals surface area contributed by atoms with E-state index in [1.165, 1.54) is 12.1 Å². The molecule has 0 aliphatic heterocycles. The molecule has 0 heterocycles. The van der Waals surface area contributed by atoms with E-state index in [1.807, 2.05) is 0 Å². The van der Waals surface area contributed by atoms with Crippen molar-refractivity contribution in [1.29, 1.82) is 0 Å². The van der Waals surface area contributed by atoms with Gasteiger partial charge in [0.1, 0.15) is 5.02 Å². The van der Waals surface area contributed by atoms with E-state index in [0.29, 0.717) is 11.3 Å². The Morgan fingerprint density at radius 1 is 1.42 bits per heavy atom. The van der Waals surface area contributed by atoms with Gasteiger partial charge in [0.05, 0.1) is 11.3 Å². The maximum absolute atomic E-state index is 11.4. The number of nitrogens with one attached hydrogen (secondary N) is 1. The minimum atomic E-state index is -1.08. The fraction of sp³-hybridized carbons (Fsp3) is 0.273. The average molecular weight is 287 g/mol. The molecule has 0 aromatic heterocycles. The number of nitro benzene ring substituents is 1. The molecule has 0 bridgehead atoms. The molecule has 2 N–H and O–H groups in total. The summed E-state index contributed by atoms with van der Waals surface area (Å²) >= 11 is 5.72. The largest absolute Gasteiger partial charge is 0.481 e. The Morgan fingerprint density at radius 2 is 2.05 bits per heavy atom. The number of carboxylic acids is 1. The minimum absolute atomic E-state index is 0.0934. The highest BCUT2D eigenvalue weighted by Gasteiger charge is 2.16. The molecular weight excluding hydrogens is 276 g/mol. The zero-order valence-corrected chi connectivity index (χ0v) is 10.7. The number of halogens is 1. The number of hydrogen-bond donors (Lipinski definition) is 2. The number of hydrogen-bond acceptors (Lipinski definition) is 4. The molecule has 0 atom stereocenters. The van der Waals surface area contributed by atoms with Crippen molar-refractivity contribution >= 4 is 34.9 Å². The van der Waals surface area contributed by atoms with Crippen LogP contribution < -0.4 is 5.32 Å². The number of nitro groups is 1. The molecule has 0 aliphatic carbocycles. The first-order valence-electron chi connectivity index (χ1n) is 5.27. The number of carbonyl (C=O) groups excluding carboxylic acids is 1. The predicted molar refractivity (Wildman–Crippen MR) is 68.3 cm³/mol. The van der Waals surface area contributed by atoms with Gasteiger partial charge in [0.25, 0.3) is 5.69 Å². The standard InChI is InChI=1S/C11H11ClN2O5/c1-6-4-9(14(18)19)7(12)5-8(6)13-10(15)2-3-11(16)17/h4-5H,2-3H2,1H3,(H,13,15)(H,16,17). The summed E-state index contributed by atoms with van der Waals surface area (Å²) in [4.78, 5) is 31.8. The van der Waals surface area contributed by atoms with E-state index in [-0.39, 0.29) is 23.6 Å². The van der Waals surface area contributed by atoms with Crippen LogP contribution in [-0.2, 0) is 9.59 Å². The van der Waals surface area contributed by atoms with Gasteiger partial charge < -0.3 is 10.4 Å². The second-order valence-corrected chi connectivity index (χ2v) is 4.22. The first-order chi connectivity index (χ1) is 8.81. The van der Waals surface area contributed by atoms with Crippen molar-refractivity contribution in [3.05, 3.63) is 32.8 Å². The normalized spacial score (nSPS) is 10.0. The quantitative estimate of drug-likeness (QED) is 0.638. The Balaban J connectivity index is 2.85. The molecule has 8 heteroatoms. The highest BCUT2D eigenvalue weighted by atomic mass is 35.5. The lowest BCUT2D eigenvalue weighted by Gasteiger charge is -2.08. The van der Waals surface area contributed by atoms with Gasteiger partial charge in [-0.15, -0.1) is 0 Å². The van der Waals surface area contributed by atoms with E-state index in [1.54, 1.807) is 6.92 Å². The van der Waals surface area contributed by atoms with Gasteiger partial charge >= 0.3 is 5.97 Å². The Hall–Kier alpha value is -2.15. The number of carboxylic acid groups (broad SMARTS) is 1. The first kappa shape index (κ1) is 14.9. The molecule has 0 unspecified atom stereocenters. The molecule has 0 saturated heterocycles. The number of benzene rings is 1. The number of anilines is 1. The molecule has 1 amide bonds. The summed E-state index contributed by atoms with van der Waals surface area (Å²) < 4.78 is 0. The van der Waals surface area contributed by atoms with Crippen LogP contribution >= 0.6 is 11.6 Å². The number of rotatable bonds is 5. The number of nitrogens with zero attached hydrogens (tertiary/aromatic N) is 1. The van der Waals surface area contributed by atoms with Crippen molar-refractivity contribution in [2.45, 2.75) is 19.8 Å². The van der Waals surface area contributed by atoms with Crippen molar-refractivity contribution < 1.29 is 19.6 Å². The van der Waals surface area contributed by atoms with Gasteiger partial charge in [0.2, 0.25) is 5.91 Å². The Morgan fingerprint density at radius 3 is 2.58 bits per heavy atom. The van der Waals surface area contributed by atoms with E-state index in [0.717, 1.165) is 0 Å². The van der Waals surface area contributed by atoms with Crippen molar-refractivity contribution in [2.75, 3.05) is 5.32 Å². The molecule has 7 nitrogen and oxygen atoms in total. The predicted octanol–water partition coefficient (Wildman–Crippen LogP) is 2.36. The Labute approximate surface area is 113 Å². The van der Waals surface area contributed by atoms with Crippen LogP contribution in [0.5, 0.6) is 0 Å². The third kappa shape index (κ3) is 4.22. The van der Waals surface area contributed by atoms with Gasteiger partial charge in [-0.3, -0.25) is 19.7 Å². The summed E-state index contributed by atoms with van der Waals surface area (Å²) in [6, 6.07) is 2.52. The van der Waals surface area contributed by atoms with E-state index in [2.05, 4.69) is 5.32 Å². The van der Waals surface area contributed by atoms with Crippen molar-refractivity contribution in [2.24, 2.45) is 0 Å². The van der Waals surface area contributed by atoms with E-state index >= 15 is 0 Å². The smallest absolute Gasteiger partial charge is 0.303 e. The molecule has 19 heavy (non-hydrogen) atoms. The van der Waals surface area contributed by atoms with Crippen LogP contribution in [0.25, 0.3) is 0 Å². The summed E-state index contributed by atoms with van der Waals surface area (Å²) in [5.74, 6) is -1.57. The van der Waals surface area contributed by atoms with E-state index in [9.17, 15) is 19.7 Å². The lowest BCUT2D eigenvalue weighted by molar-refractivity contribution is -0.384. The topological polar surface area (TPSA) is 110 Å². The fourth-order valence-electron chi connectivity index (χ4n) is 1.37. The average Bonchev–Trinajstić information content (AvgIpc) is 2.30. The molecule has 0 radical (unpaired) electrons. The molecule has 1 rings (SSSR count). The van der Waals surface area contributed by atoms with Gasteiger partial charge in [-0.1, -0.05) is 11.6 Å². The zero-order chi connectivity index (χ0) is 14.6. The summed E-state index contributed by atoms with van der Waals surface area (Å²) in [6.45, 7) is 1.58. The van der Waals surface area contributed by atoms with Crippen LogP contribution in [0.1, 0.15) is 18.4 Å². The highest BCUT2D eigenvalue weighted by molar-refractivity contribution is 6.33. The molecule has 1 aromatic carbocycles. The number of amides is 1. The van der Waals surface area contributed by atoms with Crippen LogP contribution in [0.4, 0.5) is 11.4 Å². The zero-order valence-electron chi connectivity index (χ0n) is 9.97. The molecule has 0 fully saturated rings. The van der Waals surface area contributed by atoms with Crippen LogP contribution in [-0.4, -0.2) is 21.9 Å². The molecular formula is C11H11ClN2O5. The summed E-state index contributed by atoms with van der Waals surface area (Å²) in [5.41, 5.74) is 0.550. The van der Waals surface area contributed by atoms with E-state index < -0.39 is 16.8 Å². The maximum atomic E-state index is 11.4. The van der Waals surface area contributed by atoms with Crippen LogP contribution in [0, 0.1) is 17.0 Å². The monoisotopic (exact) mass is 286 g/mol. The third-order valence-electron chi connectivity index (χ3n) is 2.33. The Kier molecular flexibility index (Phi) is 4.82. The van der Waals surface area contributed by atoms with Crippen molar-refractivity contribution in [3.8, 4) is 0 Å². The van der Waals surface area contributed by atoms with Crippen LogP contribution in [0.2, 0.25) is 5.02 Å². The highest BCUT2D eigenvalue weighted by Crippen LogP contribution is 2.30. The number of carbonyl (C=O) groups is 2. The summed E-state index contributed by atoms with van der Waals surface area (Å²) in [5, 5.41) is 21.5. The van der Waals surface area contributed by atoms with Gasteiger partial charge in [0.15, 0.2) is 0 Å². The minimum Gasteiger partial charge on any atom is -0.481 e. The van der Waals surface area contributed by atoms with E-state index in [4.69, 9.17) is 16.7 Å². The second-order valence-electron chi connectivity index (χ2n) is 3.82. The first-order valence-corrected chi connectivity index (χ1v) is 5.65. The van der Waals surface area contributed by atoms with Crippen molar-refractivity contribution in [3.63, 3.8) is 0 Å². The number of aliphatic carboxylic acids is 1. The fourth-order valence-corrected chi connectivity index (χ4v) is 1.61. The molecule has 0 saturated carbocycles. The molecule has 102 valence electrons. The van der Waals surface area contributed by atoms with Gasteiger partial charge in [-0.05, 0) is 18.6 Å². The van der Waals surface area contributed by atoms with Gasteiger partial charge in [-0.25, -0.2) is 0 Å². The van der Waals surface area contributed by atoms with Crippen LogP contribution in [0.15, 0.2) is 12.1 Å².